The Morgan fingerprint density at radius 3 is 2.42 bits per heavy atom. The number of anilines is 1. The second-order valence-electron chi connectivity index (χ2n) is 6.38. The number of hydrazine groups is 1. The van der Waals surface area contributed by atoms with Crippen LogP contribution in [-0.2, 0) is 10.5 Å². The number of benzene rings is 3. The summed E-state index contributed by atoms with van der Waals surface area (Å²) in [5, 5.41) is 3.23. The molecule has 0 saturated carbocycles. The van der Waals surface area contributed by atoms with Gasteiger partial charge in [-0.15, -0.1) is 24.9 Å². The van der Waals surface area contributed by atoms with Crippen molar-refractivity contribution < 1.29 is 22.7 Å². The first-order valence-corrected chi connectivity index (χ1v) is 10.6. The molecule has 0 atom stereocenters. The Morgan fingerprint density at radius 2 is 1.74 bits per heavy atom. The van der Waals surface area contributed by atoms with Gasteiger partial charge in [0.25, 0.3) is 0 Å². The Labute approximate surface area is 186 Å². The van der Waals surface area contributed by atoms with Gasteiger partial charge >= 0.3 is 6.36 Å². The molecule has 0 heterocycles. The van der Waals surface area contributed by atoms with Crippen molar-refractivity contribution in [3.05, 3.63) is 72.3 Å². The van der Waals surface area contributed by atoms with Crippen LogP contribution in [0.5, 0.6) is 5.75 Å². The van der Waals surface area contributed by atoms with Crippen LogP contribution in [-0.4, -0.2) is 23.1 Å². The van der Waals surface area contributed by atoms with Gasteiger partial charge in [0.2, 0.25) is 5.91 Å². The number of carbonyl (C=O) groups excluding carboxylic acids is 1. The van der Waals surface area contributed by atoms with Crippen LogP contribution in [0.25, 0.3) is 10.8 Å². The molecule has 0 spiro atoms. The molecule has 0 aliphatic rings. The lowest BCUT2D eigenvalue weighted by molar-refractivity contribution is -0.274. The van der Waals surface area contributed by atoms with E-state index in [1.165, 1.54) is 23.9 Å². The first-order chi connectivity index (χ1) is 14.7. The largest absolute Gasteiger partial charge is 0.573 e. The number of halogens is 3. The Balaban J connectivity index is 1.59. The zero-order chi connectivity index (χ0) is 22.4. The van der Waals surface area contributed by atoms with Crippen LogP contribution in [0.15, 0.2) is 66.7 Å². The number of nitrogens with one attached hydrogen (secondary N) is 1. The van der Waals surface area contributed by atoms with E-state index in [0.717, 1.165) is 33.5 Å². The topological polar surface area (TPSA) is 67.6 Å². The number of amides is 1. The van der Waals surface area contributed by atoms with Crippen LogP contribution in [0, 0.1) is 0 Å². The molecule has 3 aromatic carbocycles. The summed E-state index contributed by atoms with van der Waals surface area (Å²) < 4.78 is 40.7. The number of fused-ring (bicyclic) bond motifs is 1. The van der Waals surface area contributed by atoms with E-state index < -0.39 is 12.1 Å². The van der Waals surface area contributed by atoms with Crippen molar-refractivity contribution in [1.82, 2.24) is 5.43 Å². The number of nitrogens with two attached hydrogens (primary N) is 1. The van der Waals surface area contributed by atoms with Crippen molar-refractivity contribution in [3.8, 4) is 5.75 Å². The predicted octanol–water partition coefficient (Wildman–Crippen LogP) is 4.75. The fourth-order valence-electron chi connectivity index (χ4n) is 2.87. The fraction of sp³-hybridized carbons (Fsp3) is 0.143. The van der Waals surface area contributed by atoms with Gasteiger partial charge in [0.15, 0.2) is 5.11 Å². The third kappa shape index (κ3) is 6.50. The highest BCUT2D eigenvalue weighted by Crippen LogP contribution is 2.25. The van der Waals surface area contributed by atoms with Crippen LogP contribution in [0.1, 0.15) is 5.56 Å². The Bertz CT molecular complexity index is 1070. The van der Waals surface area contributed by atoms with Gasteiger partial charge in [-0.3, -0.25) is 10.2 Å². The summed E-state index contributed by atoms with van der Waals surface area (Å²) in [7, 11) is 0. The van der Waals surface area contributed by atoms with E-state index >= 15 is 0 Å². The van der Waals surface area contributed by atoms with Crippen molar-refractivity contribution in [1.29, 1.82) is 0 Å². The standard InChI is InChI=1S/C21H18F3N3O2S2/c22-21(23,24)29-17-10-8-16(9-11-17)27(20(25)30)26-19(28)13-31-12-15-6-3-5-14-4-1-2-7-18(14)15/h1-11H,12-13H2,(H2,25,30)(H,26,28). The highest BCUT2D eigenvalue weighted by Gasteiger charge is 2.31. The maximum atomic E-state index is 12.4. The van der Waals surface area contributed by atoms with Crippen molar-refractivity contribution in [2.75, 3.05) is 10.8 Å². The molecule has 1 amide bonds. The molecule has 0 aliphatic carbocycles. The number of nitrogens with zero attached hydrogens (tertiary/aromatic N) is 1. The van der Waals surface area contributed by atoms with Crippen molar-refractivity contribution in [2.24, 2.45) is 5.73 Å². The van der Waals surface area contributed by atoms with Gasteiger partial charge in [0.1, 0.15) is 5.75 Å². The average molecular weight is 466 g/mol. The summed E-state index contributed by atoms with van der Waals surface area (Å²) in [6.07, 6.45) is -4.79. The number of rotatable bonds is 6. The lowest BCUT2D eigenvalue weighted by Gasteiger charge is -2.23. The van der Waals surface area contributed by atoms with Crippen molar-refractivity contribution >= 4 is 51.5 Å². The molecule has 10 heteroatoms. The maximum Gasteiger partial charge on any atom is 0.573 e. The summed E-state index contributed by atoms with van der Waals surface area (Å²) in [5.41, 5.74) is 9.65. The number of ether oxygens (including phenoxy) is 1. The van der Waals surface area contributed by atoms with Crippen LogP contribution >= 0.6 is 24.0 Å². The Morgan fingerprint density at radius 1 is 1.06 bits per heavy atom. The van der Waals surface area contributed by atoms with Crippen LogP contribution in [0.4, 0.5) is 18.9 Å². The van der Waals surface area contributed by atoms with Crippen LogP contribution in [0.2, 0.25) is 0 Å². The zero-order valence-corrected chi connectivity index (χ0v) is 17.7. The summed E-state index contributed by atoms with van der Waals surface area (Å²) >= 11 is 6.37. The highest BCUT2D eigenvalue weighted by atomic mass is 32.2. The summed E-state index contributed by atoms with van der Waals surface area (Å²) in [6, 6.07) is 18.8. The van der Waals surface area contributed by atoms with E-state index in [0.29, 0.717) is 11.4 Å². The zero-order valence-electron chi connectivity index (χ0n) is 16.1. The summed E-state index contributed by atoms with van der Waals surface area (Å²) in [6.45, 7) is 0. The van der Waals surface area contributed by atoms with Crippen molar-refractivity contribution in [3.63, 3.8) is 0 Å². The molecular weight excluding hydrogens is 447 g/mol. The first-order valence-electron chi connectivity index (χ1n) is 9.02. The molecule has 162 valence electrons. The SMILES string of the molecule is NC(=S)N(NC(=O)CSCc1cccc2ccccc12)c1ccc(OC(F)(F)F)cc1. The van der Waals surface area contributed by atoms with Gasteiger partial charge in [0, 0.05) is 5.75 Å². The Kier molecular flexibility index (Phi) is 7.24. The molecule has 0 saturated heterocycles. The second kappa shape index (κ2) is 9.88. The van der Waals surface area contributed by atoms with Gasteiger partial charge in [-0.2, -0.15) is 0 Å². The molecule has 3 aromatic rings. The number of thiocarbonyl (C=S) groups is 1. The van der Waals surface area contributed by atoms with Gasteiger partial charge < -0.3 is 10.5 Å². The Hall–Kier alpha value is -2.98. The van der Waals surface area contributed by atoms with E-state index in [4.69, 9.17) is 18.0 Å². The monoisotopic (exact) mass is 465 g/mol. The van der Waals surface area contributed by atoms with Gasteiger partial charge in [-0.1, -0.05) is 42.5 Å². The lowest BCUT2D eigenvalue weighted by Crippen LogP contribution is -2.49. The smallest absolute Gasteiger partial charge is 0.406 e. The fourth-order valence-corrected chi connectivity index (χ4v) is 3.85. The summed E-state index contributed by atoms with van der Waals surface area (Å²) in [5.74, 6) is 0.0212. The molecule has 0 aromatic heterocycles. The van der Waals surface area contributed by atoms with E-state index in [1.807, 2.05) is 42.5 Å². The van der Waals surface area contributed by atoms with Gasteiger partial charge in [-0.05, 0) is 52.8 Å². The number of alkyl halides is 3. The number of hydrogen-bond donors (Lipinski definition) is 2. The molecule has 0 unspecified atom stereocenters. The van der Waals surface area contributed by atoms with Gasteiger partial charge in [-0.25, -0.2) is 5.01 Å². The molecule has 0 fully saturated rings. The first kappa shape index (κ1) is 22.7. The van der Waals surface area contributed by atoms with Crippen LogP contribution < -0.4 is 20.9 Å². The normalized spacial score (nSPS) is 11.2. The van der Waals surface area contributed by atoms with Crippen LogP contribution in [0.3, 0.4) is 0 Å². The van der Waals surface area contributed by atoms with E-state index in [9.17, 15) is 18.0 Å². The number of carbonyl (C=O) groups is 1. The lowest BCUT2D eigenvalue weighted by atomic mass is 10.1. The second-order valence-corrected chi connectivity index (χ2v) is 7.79. The molecule has 0 aliphatic heterocycles. The molecule has 5 nitrogen and oxygen atoms in total. The molecule has 31 heavy (non-hydrogen) atoms. The van der Waals surface area contributed by atoms with Crippen molar-refractivity contribution in [2.45, 2.75) is 12.1 Å². The third-order valence-electron chi connectivity index (χ3n) is 4.16. The maximum absolute atomic E-state index is 12.4. The number of hydrogen-bond acceptors (Lipinski definition) is 4. The molecular formula is C21H18F3N3O2S2. The van der Waals surface area contributed by atoms with E-state index in [1.54, 1.807) is 0 Å². The van der Waals surface area contributed by atoms with E-state index in [2.05, 4.69) is 10.2 Å². The molecule has 0 bridgehead atoms. The minimum atomic E-state index is -4.79. The molecule has 3 N–H and O–H groups in total. The molecule has 3 rings (SSSR count). The van der Waals surface area contributed by atoms with E-state index in [-0.39, 0.29) is 16.8 Å². The van der Waals surface area contributed by atoms with Gasteiger partial charge in [0.05, 0.1) is 11.4 Å². The minimum Gasteiger partial charge on any atom is -0.406 e. The minimum absolute atomic E-state index is 0.137. The summed E-state index contributed by atoms with van der Waals surface area (Å²) in [4.78, 5) is 12.4. The quantitative estimate of drug-likeness (QED) is 0.405. The highest BCUT2D eigenvalue weighted by molar-refractivity contribution is 7.99. The molecule has 0 radical (unpaired) electrons. The average Bonchev–Trinajstić information content (AvgIpc) is 2.71. The third-order valence-corrected chi connectivity index (χ3v) is 5.32. The number of thioether (sulfide) groups is 1. The predicted molar refractivity (Wildman–Crippen MR) is 121 cm³/mol.